The number of carbonyl (C=O) groups is 1. The van der Waals surface area contributed by atoms with E-state index in [0.29, 0.717) is 17.1 Å². The second-order valence-electron chi connectivity index (χ2n) is 4.92. The molecule has 3 rings (SSSR count). The number of nitrogens with zero attached hydrogens (tertiary/aromatic N) is 1. The normalized spacial score (nSPS) is 13.1. The molecule has 8 heteroatoms. The van der Waals surface area contributed by atoms with Gasteiger partial charge in [0.1, 0.15) is 5.82 Å². The van der Waals surface area contributed by atoms with E-state index in [2.05, 4.69) is 10.5 Å². The molecule has 0 bridgehead atoms. The Hall–Kier alpha value is -2.31. The minimum Gasteiger partial charge on any atom is -0.454 e. The monoisotopic (exact) mass is 368 g/mol. The molecule has 0 fully saturated rings. The lowest BCUT2D eigenvalue weighted by molar-refractivity contribution is 0.0954. The van der Waals surface area contributed by atoms with E-state index in [9.17, 15) is 9.18 Å². The first-order chi connectivity index (χ1) is 11.5. The van der Waals surface area contributed by atoms with E-state index in [0.717, 1.165) is 6.07 Å². The lowest BCUT2D eigenvalue weighted by atomic mass is 10.1. The summed E-state index contributed by atoms with van der Waals surface area (Å²) < 4.78 is 23.9. The fourth-order valence-corrected chi connectivity index (χ4v) is 2.80. The van der Waals surface area contributed by atoms with Crippen LogP contribution in [0.15, 0.2) is 35.4 Å². The zero-order valence-corrected chi connectivity index (χ0v) is 13.9. The minimum atomic E-state index is -0.618. The molecule has 0 unspecified atom stereocenters. The molecule has 1 aliphatic rings. The zero-order chi connectivity index (χ0) is 17.3. The molecule has 2 aromatic rings. The van der Waals surface area contributed by atoms with Gasteiger partial charge in [-0.3, -0.25) is 4.79 Å². The number of halogens is 3. The maximum Gasteiger partial charge on any atom is 0.271 e. The predicted molar refractivity (Wildman–Crippen MR) is 88.7 cm³/mol. The van der Waals surface area contributed by atoms with Crippen LogP contribution in [0.3, 0.4) is 0 Å². The lowest BCUT2D eigenvalue weighted by Gasteiger charge is -2.08. The van der Waals surface area contributed by atoms with Gasteiger partial charge >= 0.3 is 0 Å². The first-order valence-electron chi connectivity index (χ1n) is 6.85. The molecule has 1 N–H and O–H groups in total. The van der Waals surface area contributed by atoms with Gasteiger partial charge in [-0.05, 0) is 37.3 Å². The molecule has 124 valence electrons. The standard InChI is InChI=1S/C16H11Cl2FN2O3/c1-8(14-10(17)3-4-11(19)15(14)18)20-21-16(22)9-2-5-12-13(6-9)24-7-23-12/h2-6H,7H2,1H3,(H,21,22)/b20-8-. The number of hydrogen-bond donors (Lipinski definition) is 1. The molecular formula is C16H11Cl2FN2O3. The Labute approximate surface area is 147 Å². The number of amides is 1. The molecule has 0 saturated heterocycles. The smallest absolute Gasteiger partial charge is 0.271 e. The molecule has 0 saturated carbocycles. The van der Waals surface area contributed by atoms with Crippen molar-refractivity contribution >= 4 is 34.8 Å². The van der Waals surface area contributed by atoms with Gasteiger partial charge in [0.15, 0.2) is 11.5 Å². The van der Waals surface area contributed by atoms with Crippen LogP contribution in [-0.2, 0) is 0 Å². The van der Waals surface area contributed by atoms with Crippen molar-refractivity contribution in [3.63, 3.8) is 0 Å². The summed E-state index contributed by atoms with van der Waals surface area (Å²) in [6.07, 6.45) is 0. The lowest BCUT2D eigenvalue weighted by Crippen LogP contribution is -2.19. The van der Waals surface area contributed by atoms with Gasteiger partial charge in [0.05, 0.1) is 15.8 Å². The highest BCUT2D eigenvalue weighted by Crippen LogP contribution is 2.32. The summed E-state index contributed by atoms with van der Waals surface area (Å²) in [7, 11) is 0. The van der Waals surface area contributed by atoms with E-state index < -0.39 is 11.7 Å². The van der Waals surface area contributed by atoms with Crippen molar-refractivity contribution in [3.05, 3.63) is 57.3 Å². The van der Waals surface area contributed by atoms with Crippen molar-refractivity contribution in [1.82, 2.24) is 5.43 Å². The number of fused-ring (bicyclic) bond motifs is 1. The van der Waals surface area contributed by atoms with Crippen LogP contribution in [0.4, 0.5) is 4.39 Å². The van der Waals surface area contributed by atoms with Crippen LogP contribution < -0.4 is 14.9 Å². The van der Waals surface area contributed by atoms with E-state index in [4.69, 9.17) is 32.7 Å². The molecule has 5 nitrogen and oxygen atoms in total. The predicted octanol–water partition coefficient (Wildman–Crippen LogP) is 4.02. The Morgan fingerprint density at radius 2 is 1.96 bits per heavy atom. The summed E-state index contributed by atoms with van der Waals surface area (Å²) >= 11 is 11.9. The molecule has 24 heavy (non-hydrogen) atoms. The summed E-state index contributed by atoms with van der Waals surface area (Å²) in [5.41, 5.74) is 3.22. The summed E-state index contributed by atoms with van der Waals surface area (Å²) in [6, 6.07) is 7.29. The van der Waals surface area contributed by atoms with Gasteiger partial charge in [0, 0.05) is 11.1 Å². The Morgan fingerprint density at radius 3 is 2.75 bits per heavy atom. The van der Waals surface area contributed by atoms with E-state index in [1.165, 1.54) is 6.07 Å². The van der Waals surface area contributed by atoms with Crippen molar-refractivity contribution in [1.29, 1.82) is 0 Å². The third-order valence-electron chi connectivity index (χ3n) is 3.37. The van der Waals surface area contributed by atoms with Crippen molar-refractivity contribution in [2.24, 2.45) is 5.10 Å². The Kier molecular flexibility index (Phi) is 4.59. The third-order valence-corrected chi connectivity index (χ3v) is 4.05. The van der Waals surface area contributed by atoms with Gasteiger partial charge in [-0.1, -0.05) is 23.2 Å². The second-order valence-corrected chi connectivity index (χ2v) is 5.71. The summed E-state index contributed by atoms with van der Waals surface area (Å²) in [5.74, 6) is -0.0202. The molecule has 0 atom stereocenters. The van der Waals surface area contributed by atoms with Gasteiger partial charge in [0.25, 0.3) is 5.91 Å². The molecule has 1 aliphatic heterocycles. The van der Waals surface area contributed by atoms with E-state index in [1.807, 2.05) is 0 Å². The summed E-state index contributed by atoms with van der Waals surface area (Å²) in [5, 5.41) is 4.02. The highest BCUT2D eigenvalue weighted by molar-refractivity contribution is 6.40. The van der Waals surface area contributed by atoms with Gasteiger partial charge in [0.2, 0.25) is 6.79 Å². The zero-order valence-electron chi connectivity index (χ0n) is 12.4. The average Bonchev–Trinajstić information content (AvgIpc) is 3.04. The fourth-order valence-electron chi connectivity index (χ4n) is 2.15. The first kappa shape index (κ1) is 16.5. The van der Waals surface area contributed by atoms with Crippen LogP contribution in [0.5, 0.6) is 11.5 Å². The van der Waals surface area contributed by atoms with E-state index in [-0.39, 0.29) is 28.1 Å². The Bertz CT molecular complexity index is 855. The largest absolute Gasteiger partial charge is 0.454 e. The molecule has 0 aliphatic carbocycles. The topological polar surface area (TPSA) is 59.9 Å². The van der Waals surface area contributed by atoms with Crippen molar-refractivity contribution in [2.75, 3.05) is 6.79 Å². The maximum absolute atomic E-state index is 13.6. The molecule has 2 aromatic carbocycles. The second kappa shape index (κ2) is 6.67. The van der Waals surface area contributed by atoms with Crippen molar-refractivity contribution in [2.45, 2.75) is 6.92 Å². The Morgan fingerprint density at radius 1 is 1.21 bits per heavy atom. The number of benzene rings is 2. The molecule has 0 aromatic heterocycles. The number of nitrogens with one attached hydrogen (secondary N) is 1. The average molecular weight is 369 g/mol. The number of hydrazone groups is 1. The van der Waals surface area contributed by atoms with Gasteiger partial charge in [-0.2, -0.15) is 5.10 Å². The highest BCUT2D eigenvalue weighted by atomic mass is 35.5. The SMILES string of the molecule is C/C(=N/NC(=O)c1ccc2c(c1)OCO2)c1c(Cl)ccc(F)c1Cl. The number of carbonyl (C=O) groups excluding carboxylic acids is 1. The summed E-state index contributed by atoms with van der Waals surface area (Å²) in [4.78, 5) is 12.2. The van der Waals surface area contributed by atoms with Gasteiger partial charge < -0.3 is 9.47 Å². The van der Waals surface area contributed by atoms with Crippen LogP contribution >= 0.6 is 23.2 Å². The first-order valence-corrected chi connectivity index (χ1v) is 7.61. The van der Waals surface area contributed by atoms with Crippen molar-refractivity contribution in [3.8, 4) is 11.5 Å². The van der Waals surface area contributed by atoms with Crippen LogP contribution in [0.2, 0.25) is 10.0 Å². The van der Waals surface area contributed by atoms with Crippen LogP contribution in [0.25, 0.3) is 0 Å². The molecule has 0 radical (unpaired) electrons. The molecule has 0 spiro atoms. The highest BCUT2D eigenvalue weighted by Gasteiger charge is 2.17. The fraction of sp³-hybridized carbons (Fsp3) is 0.125. The number of rotatable bonds is 3. The maximum atomic E-state index is 13.6. The van der Waals surface area contributed by atoms with Crippen LogP contribution in [-0.4, -0.2) is 18.4 Å². The third kappa shape index (κ3) is 3.16. The molecule has 1 amide bonds. The Balaban J connectivity index is 1.80. The molecular weight excluding hydrogens is 358 g/mol. The van der Waals surface area contributed by atoms with E-state index in [1.54, 1.807) is 25.1 Å². The quantitative estimate of drug-likeness (QED) is 0.505. The summed E-state index contributed by atoms with van der Waals surface area (Å²) in [6.45, 7) is 1.68. The number of ether oxygens (including phenoxy) is 2. The minimum absolute atomic E-state index is 0.119. The van der Waals surface area contributed by atoms with Crippen molar-refractivity contribution < 1.29 is 18.7 Å². The van der Waals surface area contributed by atoms with Crippen LogP contribution in [0.1, 0.15) is 22.8 Å². The van der Waals surface area contributed by atoms with Gasteiger partial charge in [-0.15, -0.1) is 0 Å². The van der Waals surface area contributed by atoms with Crippen LogP contribution in [0, 0.1) is 5.82 Å². The van der Waals surface area contributed by atoms with E-state index >= 15 is 0 Å². The molecule has 1 heterocycles. The van der Waals surface area contributed by atoms with Gasteiger partial charge in [-0.25, -0.2) is 9.82 Å². The number of hydrogen-bond acceptors (Lipinski definition) is 4.